The molecule has 8 heteroatoms. The topological polar surface area (TPSA) is 70.2 Å². The van der Waals surface area contributed by atoms with E-state index < -0.39 is 17.7 Å². The molecule has 1 aromatic carbocycles. The van der Waals surface area contributed by atoms with Crippen molar-refractivity contribution in [3.05, 3.63) is 35.4 Å². The Labute approximate surface area is 139 Å². The van der Waals surface area contributed by atoms with Crippen molar-refractivity contribution in [1.82, 2.24) is 16.0 Å². The summed E-state index contributed by atoms with van der Waals surface area (Å²) in [4.78, 5) is 23.5. The first-order chi connectivity index (χ1) is 11.3. The van der Waals surface area contributed by atoms with E-state index in [-0.39, 0.29) is 24.9 Å². The first-order valence-electron chi connectivity index (χ1n) is 7.67. The monoisotopic (exact) mass is 345 g/mol. The van der Waals surface area contributed by atoms with Gasteiger partial charge in [-0.2, -0.15) is 13.2 Å². The molecule has 3 amide bonds. The van der Waals surface area contributed by atoms with Gasteiger partial charge in [-0.25, -0.2) is 4.79 Å². The largest absolute Gasteiger partial charge is 0.416 e. The fraction of sp³-hybridized carbons (Fsp3) is 0.500. The lowest BCUT2D eigenvalue weighted by molar-refractivity contribution is -0.137. The summed E-state index contributed by atoms with van der Waals surface area (Å²) in [6.45, 7) is 2.53. The van der Waals surface area contributed by atoms with Crippen molar-refractivity contribution in [2.24, 2.45) is 5.92 Å². The van der Waals surface area contributed by atoms with E-state index in [0.717, 1.165) is 18.6 Å². The second-order valence-corrected chi connectivity index (χ2v) is 5.35. The maximum Gasteiger partial charge on any atom is 0.416 e. The summed E-state index contributed by atoms with van der Waals surface area (Å²) in [7, 11) is 1.47. The first-order valence-corrected chi connectivity index (χ1v) is 7.67. The van der Waals surface area contributed by atoms with E-state index in [4.69, 9.17) is 0 Å². The number of benzene rings is 1. The fourth-order valence-electron chi connectivity index (χ4n) is 2.09. The standard InChI is InChI=1S/C16H22F3N3O2/c1-3-8-21-15(24)22-10-12(14(23)20-2)9-11-4-6-13(7-5-11)16(17,18)19/h4-7,12H,3,8-10H2,1-2H3,(H,20,23)(H2,21,22,24). The molecule has 0 fully saturated rings. The number of hydrogen-bond donors (Lipinski definition) is 3. The summed E-state index contributed by atoms with van der Waals surface area (Å²) in [6.07, 6.45) is -3.37. The van der Waals surface area contributed by atoms with E-state index in [1.807, 2.05) is 6.92 Å². The smallest absolute Gasteiger partial charge is 0.359 e. The zero-order valence-corrected chi connectivity index (χ0v) is 13.7. The van der Waals surface area contributed by atoms with Crippen molar-refractivity contribution in [3.63, 3.8) is 0 Å². The summed E-state index contributed by atoms with van der Waals surface area (Å²) >= 11 is 0. The van der Waals surface area contributed by atoms with Crippen LogP contribution in [-0.4, -0.2) is 32.1 Å². The molecule has 0 aromatic heterocycles. The molecule has 24 heavy (non-hydrogen) atoms. The Kier molecular flexibility index (Phi) is 7.54. The molecule has 0 aliphatic heterocycles. The summed E-state index contributed by atoms with van der Waals surface area (Å²) in [5.74, 6) is -0.857. The maximum absolute atomic E-state index is 12.6. The normalized spacial score (nSPS) is 12.4. The number of halogens is 3. The highest BCUT2D eigenvalue weighted by Gasteiger charge is 2.30. The second-order valence-electron chi connectivity index (χ2n) is 5.35. The minimum Gasteiger partial charge on any atom is -0.359 e. The van der Waals surface area contributed by atoms with Gasteiger partial charge in [0.25, 0.3) is 0 Å². The van der Waals surface area contributed by atoms with Crippen LogP contribution >= 0.6 is 0 Å². The van der Waals surface area contributed by atoms with Gasteiger partial charge in [-0.1, -0.05) is 19.1 Å². The molecular formula is C16H22F3N3O2. The van der Waals surface area contributed by atoms with Crippen LogP contribution in [0.3, 0.4) is 0 Å². The van der Waals surface area contributed by atoms with Crippen molar-refractivity contribution < 1.29 is 22.8 Å². The molecule has 1 rings (SSSR count). The molecule has 1 unspecified atom stereocenters. The third-order valence-electron chi connectivity index (χ3n) is 3.43. The molecule has 0 saturated heterocycles. The van der Waals surface area contributed by atoms with Crippen LogP contribution in [0.5, 0.6) is 0 Å². The van der Waals surface area contributed by atoms with Crippen LogP contribution in [0.15, 0.2) is 24.3 Å². The Hall–Kier alpha value is -2.25. The zero-order valence-electron chi connectivity index (χ0n) is 13.7. The van der Waals surface area contributed by atoms with Crippen LogP contribution in [0.2, 0.25) is 0 Å². The highest BCUT2D eigenvalue weighted by molar-refractivity contribution is 5.80. The van der Waals surface area contributed by atoms with Crippen molar-refractivity contribution in [2.45, 2.75) is 25.9 Å². The molecule has 0 heterocycles. The third kappa shape index (κ3) is 6.47. The SMILES string of the molecule is CCCNC(=O)NCC(Cc1ccc(C(F)(F)F)cc1)C(=O)NC. The van der Waals surface area contributed by atoms with E-state index >= 15 is 0 Å². The lowest BCUT2D eigenvalue weighted by Crippen LogP contribution is -2.42. The number of hydrogen-bond acceptors (Lipinski definition) is 2. The molecule has 0 aliphatic rings. The number of nitrogens with one attached hydrogen (secondary N) is 3. The molecule has 3 N–H and O–H groups in total. The Morgan fingerprint density at radius 2 is 1.75 bits per heavy atom. The predicted octanol–water partition coefficient (Wildman–Crippen LogP) is 2.32. The molecular weight excluding hydrogens is 323 g/mol. The lowest BCUT2D eigenvalue weighted by atomic mass is 9.97. The predicted molar refractivity (Wildman–Crippen MR) is 84.4 cm³/mol. The highest BCUT2D eigenvalue weighted by Crippen LogP contribution is 2.29. The van der Waals surface area contributed by atoms with Gasteiger partial charge in [0, 0.05) is 20.1 Å². The van der Waals surface area contributed by atoms with Gasteiger partial charge in [0.1, 0.15) is 0 Å². The number of urea groups is 1. The quantitative estimate of drug-likeness (QED) is 0.710. The van der Waals surface area contributed by atoms with Gasteiger partial charge in [0.2, 0.25) is 5.91 Å². The third-order valence-corrected chi connectivity index (χ3v) is 3.43. The summed E-state index contributed by atoms with van der Waals surface area (Å²) < 4.78 is 37.7. The van der Waals surface area contributed by atoms with E-state index in [2.05, 4.69) is 16.0 Å². The Morgan fingerprint density at radius 1 is 1.12 bits per heavy atom. The van der Waals surface area contributed by atoms with Crippen LogP contribution in [0.1, 0.15) is 24.5 Å². The Morgan fingerprint density at radius 3 is 2.25 bits per heavy atom. The molecule has 5 nitrogen and oxygen atoms in total. The van der Waals surface area contributed by atoms with Crippen LogP contribution in [0.25, 0.3) is 0 Å². The summed E-state index contributed by atoms with van der Waals surface area (Å²) in [5.41, 5.74) is -0.146. The number of carbonyl (C=O) groups excluding carboxylic acids is 2. The van der Waals surface area contributed by atoms with E-state index in [1.165, 1.54) is 19.2 Å². The van der Waals surface area contributed by atoms with Crippen molar-refractivity contribution >= 4 is 11.9 Å². The van der Waals surface area contributed by atoms with Crippen LogP contribution in [-0.2, 0) is 17.4 Å². The molecule has 0 aliphatic carbocycles. The van der Waals surface area contributed by atoms with E-state index in [1.54, 1.807) is 0 Å². The molecule has 0 radical (unpaired) electrons. The second kappa shape index (κ2) is 9.14. The zero-order chi connectivity index (χ0) is 18.2. The molecule has 1 atom stereocenters. The van der Waals surface area contributed by atoms with Gasteiger partial charge in [-0.05, 0) is 30.5 Å². The lowest BCUT2D eigenvalue weighted by Gasteiger charge is -2.17. The molecule has 0 bridgehead atoms. The molecule has 0 saturated carbocycles. The Balaban J connectivity index is 2.69. The molecule has 134 valence electrons. The Bertz CT molecular complexity index is 544. The minimum absolute atomic E-state index is 0.0935. The van der Waals surface area contributed by atoms with Crippen LogP contribution in [0, 0.1) is 5.92 Å². The van der Waals surface area contributed by atoms with Crippen molar-refractivity contribution in [3.8, 4) is 0 Å². The van der Waals surface area contributed by atoms with Gasteiger partial charge < -0.3 is 16.0 Å². The average molecular weight is 345 g/mol. The van der Waals surface area contributed by atoms with Gasteiger partial charge in [0.15, 0.2) is 0 Å². The molecule has 1 aromatic rings. The van der Waals surface area contributed by atoms with Gasteiger partial charge in [0.05, 0.1) is 11.5 Å². The maximum atomic E-state index is 12.6. The highest BCUT2D eigenvalue weighted by atomic mass is 19.4. The average Bonchev–Trinajstić information content (AvgIpc) is 2.55. The van der Waals surface area contributed by atoms with Gasteiger partial charge in [-0.15, -0.1) is 0 Å². The van der Waals surface area contributed by atoms with E-state index in [9.17, 15) is 22.8 Å². The minimum atomic E-state index is -4.39. The van der Waals surface area contributed by atoms with Gasteiger partial charge >= 0.3 is 12.2 Å². The fourth-order valence-corrected chi connectivity index (χ4v) is 2.09. The number of carbonyl (C=O) groups is 2. The number of rotatable bonds is 7. The van der Waals surface area contributed by atoms with Crippen molar-refractivity contribution in [1.29, 1.82) is 0 Å². The summed E-state index contributed by atoms with van der Waals surface area (Å²) in [5, 5.41) is 7.72. The number of amides is 3. The summed E-state index contributed by atoms with van der Waals surface area (Å²) in [6, 6.07) is 4.28. The van der Waals surface area contributed by atoms with Gasteiger partial charge in [-0.3, -0.25) is 4.79 Å². The van der Waals surface area contributed by atoms with E-state index in [0.29, 0.717) is 12.1 Å². The van der Waals surface area contributed by atoms with Crippen LogP contribution < -0.4 is 16.0 Å². The molecule has 0 spiro atoms. The first kappa shape index (κ1) is 19.8. The number of alkyl halides is 3. The van der Waals surface area contributed by atoms with Crippen molar-refractivity contribution in [2.75, 3.05) is 20.1 Å². The van der Waals surface area contributed by atoms with Crippen LogP contribution in [0.4, 0.5) is 18.0 Å².